The Morgan fingerprint density at radius 1 is 1.44 bits per heavy atom. The molecule has 0 bridgehead atoms. The monoisotopic (exact) mass is 246 g/mol. The molecule has 0 N–H and O–H groups in total. The third-order valence-corrected chi connectivity index (χ3v) is 2.91. The Labute approximate surface area is 140 Å². The first kappa shape index (κ1) is 14.9. The van der Waals surface area contributed by atoms with E-state index >= 15 is 0 Å². The summed E-state index contributed by atoms with van der Waals surface area (Å²) < 4.78 is 1.92. The van der Waals surface area contributed by atoms with Crippen LogP contribution in [0.15, 0.2) is 6.07 Å². The van der Waals surface area contributed by atoms with Crippen LogP contribution in [0.1, 0.15) is 45.0 Å². The minimum Gasteiger partial charge on any atom is -0.850 e. The van der Waals surface area contributed by atoms with Crippen LogP contribution in [0.25, 0.3) is 0 Å². The molecule has 0 spiro atoms. The maximum Gasteiger partial charge on any atom is 1.00 e. The second kappa shape index (κ2) is 5.63. The van der Waals surface area contributed by atoms with Crippen LogP contribution in [0.2, 0.25) is 0 Å². The van der Waals surface area contributed by atoms with Crippen molar-refractivity contribution in [1.29, 1.82) is 0 Å². The van der Waals surface area contributed by atoms with E-state index in [0.717, 1.165) is 23.9 Å². The summed E-state index contributed by atoms with van der Waals surface area (Å²) in [5.41, 5.74) is 1.92. The molecule has 0 aliphatic heterocycles. The normalized spacial score (nSPS) is 16.0. The van der Waals surface area contributed by atoms with Gasteiger partial charge in [-0.1, -0.05) is 27.4 Å². The fourth-order valence-electron chi connectivity index (χ4n) is 1.64. The Morgan fingerprint density at radius 2 is 2.06 bits per heavy atom. The van der Waals surface area contributed by atoms with Crippen molar-refractivity contribution in [1.82, 2.24) is 9.78 Å². The Bertz CT molecular complexity index is 350. The van der Waals surface area contributed by atoms with Crippen LogP contribution in [-0.4, -0.2) is 9.78 Å². The first-order chi connectivity index (χ1) is 7.00. The zero-order valence-corrected chi connectivity index (χ0v) is 13.9. The van der Waals surface area contributed by atoms with Gasteiger partial charge in [0.2, 0.25) is 0 Å². The van der Waals surface area contributed by atoms with Gasteiger partial charge in [0.1, 0.15) is 0 Å². The Morgan fingerprint density at radius 3 is 2.50 bits per heavy atom. The molecule has 0 aromatic carbocycles. The van der Waals surface area contributed by atoms with E-state index in [1.54, 1.807) is 0 Å². The quantitative estimate of drug-likeness (QED) is 0.606. The van der Waals surface area contributed by atoms with E-state index in [9.17, 15) is 5.11 Å². The van der Waals surface area contributed by atoms with Crippen LogP contribution >= 0.6 is 0 Å². The Kier molecular flexibility index (Phi) is 5.23. The summed E-state index contributed by atoms with van der Waals surface area (Å²) in [7, 11) is 0. The largest absolute Gasteiger partial charge is 1.00 e. The van der Waals surface area contributed by atoms with Gasteiger partial charge in [-0.2, -0.15) is 5.10 Å². The maximum absolute atomic E-state index is 11.0. The van der Waals surface area contributed by atoms with Gasteiger partial charge < -0.3 is 5.11 Å². The van der Waals surface area contributed by atoms with Gasteiger partial charge in [-0.3, -0.25) is 4.68 Å². The summed E-state index contributed by atoms with van der Waals surface area (Å²) in [4.78, 5) is 0. The topological polar surface area (TPSA) is 40.9 Å². The zero-order chi connectivity index (χ0) is 11.1. The van der Waals surface area contributed by atoms with E-state index in [-0.39, 0.29) is 63.4 Å². The Balaban J connectivity index is 0.00000128. The predicted octanol–water partition coefficient (Wildman–Crippen LogP) is -1.55. The molecule has 1 fully saturated rings. The average Bonchev–Trinajstić information content (AvgIpc) is 2.82. The van der Waals surface area contributed by atoms with E-state index in [0.29, 0.717) is 0 Å². The van der Waals surface area contributed by atoms with E-state index in [1.807, 2.05) is 10.7 Å². The molecule has 0 unspecified atom stereocenters. The molecule has 0 amide bonds. The molecule has 1 saturated carbocycles. The van der Waals surface area contributed by atoms with E-state index < -0.39 is 0 Å². The number of rotatable bonds is 3. The van der Waals surface area contributed by atoms with Crippen LogP contribution in [0.3, 0.4) is 0 Å². The second-order valence-electron chi connectivity index (χ2n) is 5.54. The summed E-state index contributed by atoms with van der Waals surface area (Å²) in [6, 6.07) is 1.97. The minimum atomic E-state index is -0.157. The molecule has 1 heterocycles. The standard InChI is InChI=1S/C12H19N2O.K/c1-12(2,3)11-6-10(8-15)14(13-11)7-9-4-5-9;/h6,9H,4-5,7-8H2,1-3H3;/q-1;+1. The van der Waals surface area contributed by atoms with E-state index in [2.05, 4.69) is 25.9 Å². The van der Waals surface area contributed by atoms with Gasteiger partial charge >= 0.3 is 51.4 Å². The molecule has 2 rings (SSSR count). The molecular formula is C12H19KN2O. The van der Waals surface area contributed by atoms with Gasteiger partial charge in [-0.15, -0.1) is 0 Å². The van der Waals surface area contributed by atoms with Crippen LogP contribution in [-0.2, 0) is 18.6 Å². The molecule has 16 heavy (non-hydrogen) atoms. The van der Waals surface area contributed by atoms with Gasteiger partial charge in [-0.05, 0) is 24.8 Å². The molecule has 0 atom stereocenters. The summed E-state index contributed by atoms with van der Waals surface area (Å²) >= 11 is 0. The van der Waals surface area contributed by atoms with Crippen molar-refractivity contribution in [2.75, 3.05) is 0 Å². The molecule has 0 saturated heterocycles. The summed E-state index contributed by atoms with van der Waals surface area (Å²) in [5.74, 6) is 0.767. The summed E-state index contributed by atoms with van der Waals surface area (Å²) in [5, 5.41) is 15.6. The predicted molar refractivity (Wildman–Crippen MR) is 57.4 cm³/mol. The van der Waals surface area contributed by atoms with Crippen LogP contribution in [0, 0.1) is 5.92 Å². The van der Waals surface area contributed by atoms with E-state index in [1.165, 1.54) is 12.8 Å². The first-order valence-corrected chi connectivity index (χ1v) is 5.66. The summed E-state index contributed by atoms with van der Waals surface area (Å²) in [6.45, 7) is 7.17. The van der Waals surface area contributed by atoms with Gasteiger partial charge in [0, 0.05) is 17.7 Å². The molecule has 0 radical (unpaired) electrons. The van der Waals surface area contributed by atoms with Crippen LogP contribution in [0.4, 0.5) is 0 Å². The Hall–Kier alpha value is 0.806. The van der Waals surface area contributed by atoms with Crippen molar-refractivity contribution in [3.63, 3.8) is 0 Å². The number of nitrogens with zero attached hydrogens (tertiary/aromatic N) is 2. The fraction of sp³-hybridized carbons (Fsp3) is 0.750. The third kappa shape index (κ3) is 3.65. The first-order valence-electron chi connectivity index (χ1n) is 5.66. The molecule has 1 aliphatic rings. The molecular weight excluding hydrogens is 227 g/mol. The number of hydrogen-bond donors (Lipinski definition) is 0. The van der Waals surface area contributed by atoms with Crippen LogP contribution < -0.4 is 56.5 Å². The third-order valence-electron chi connectivity index (χ3n) is 2.91. The number of aromatic nitrogens is 2. The van der Waals surface area contributed by atoms with Gasteiger partial charge in [-0.25, -0.2) is 0 Å². The SMILES string of the molecule is CC(C)(C)c1cc(C[O-])n(CC2CC2)n1.[K+]. The summed E-state index contributed by atoms with van der Waals surface area (Å²) in [6.07, 6.45) is 2.59. The molecule has 1 aliphatic carbocycles. The van der Waals surface area contributed by atoms with Crippen molar-refractivity contribution < 1.29 is 56.5 Å². The number of hydrogen-bond acceptors (Lipinski definition) is 2. The van der Waals surface area contributed by atoms with Gasteiger partial charge in [0.25, 0.3) is 0 Å². The average molecular weight is 246 g/mol. The molecule has 4 heteroatoms. The van der Waals surface area contributed by atoms with Crippen molar-refractivity contribution in [3.8, 4) is 0 Å². The van der Waals surface area contributed by atoms with Crippen molar-refractivity contribution >= 4 is 0 Å². The van der Waals surface area contributed by atoms with Crippen LogP contribution in [0.5, 0.6) is 0 Å². The van der Waals surface area contributed by atoms with Crippen molar-refractivity contribution in [2.45, 2.75) is 52.2 Å². The second-order valence-corrected chi connectivity index (χ2v) is 5.54. The molecule has 1 aromatic rings. The zero-order valence-electron chi connectivity index (χ0n) is 10.8. The minimum absolute atomic E-state index is 0. The molecule has 3 nitrogen and oxygen atoms in total. The van der Waals surface area contributed by atoms with Gasteiger partial charge in [0.15, 0.2) is 0 Å². The maximum atomic E-state index is 11.0. The molecule has 1 aromatic heterocycles. The van der Waals surface area contributed by atoms with E-state index in [4.69, 9.17) is 0 Å². The van der Waals surface area contributed by atoms with Crippen molar-refractivity contribution in [3.05, 3.63) is 17.5 Å². The van der Waals surface area contributed by atoms with Crippen molar-refractivity contribution in [2.24, 2.45) is 5.92 Å². The smallest absolute Gasteiger partial charge is 0.850 e. The molecule has 84 valence electrons. The van der Waals surface area contributed by atoms with Gasteiger partial charge in [0.05, 0.1) is 5.69 Å². The fourth-order valence-corrected chi connectivity index (χ4v) is 1.64.